The second kappa shape index (κ2) is 8.18. The Labute approximate surface area is 143 Å². The molecule has 0 spiro atoms. The van der Waals surface area contributed by atoms with Gasteiger partial charge in [0.1, 0.15) is 13.2 Å². The average Bonchev–Trinajstić information content (AvgIpc) is 2.62. The van der Waals surface area contributed by atoms with Gasteiger partial charge in [-0.15, -0.1) is 0 Å². The van der Waals surface area contributed by atoms with Crippen molar-refractivity contribution in [3.05, 3.63) is 59.2 Å². The van der Waals surface area contributed by atoms with Gasteiger partial charge in [0.05, 0.1) is 0 Å². The molecule has 1 aliphatic rings. The summed E-state index contributed by atoms with van der Waals surface area (Å²) in [4.78, 5) is 0. The summed E-state index contributed by atoms with van der Waals surface area (Å²) in [6.07, 6.45) is 0.880. The van der Waals surface area contributed by atoms with Crippen molar-refractivity contribution < 1.29 is 14.6 Å². The third kappa shape index (κ3) is 4.49. The standard InChI is InChI=1S/C20H25NO3/c1-15-2-4-16(5-3-15)10-18(14-22)13-21-12-17-6-7-19-20(11-17)24-9-8-23-19/h2-7,11,18,21-22H,8-10,12-14H2,1H3. The number of hydrogen-bond acceptors (Lipinski definition) is 4. The Morgan fingerprint density at radius 1 is 1.00 bits per heavy atom. The number of aliphatic hydroxyl groups is 1. The molecule has 4 heteroatoms. The molecule has 2 aromatic rings. The maximum absolute atomic E-state index is 9.62. The van der Waals surface area contributed by atoms with E-state index in [-0.39, 0.29) is 12.5 Å². The predicted molar refractivity (Wildman–Crippen MR) is 94.6 cm³/mol. The third-order valence-electron chi connectivity index (χ3n) is 4.27. The minimum Gasteiger partial charge on any atom is -0.486 e. The molecule has 0 fully saturated rings. The Balaban J connectivity index is 1.50. The smallest absolute Gasteiger partial charge is 0.161 e. The average molecular weight is 327 g/mol. The number of aryl methyl sites for hydroxylation is 1. The van der Waals surface area contributed by atoms with Crippen molar-refractivity contribution in [1.29, 1.82) is 0 Å². The lowest BCUT2D eigenvalue weighted by atomic mass is 9.99. The third-order valence-corrected chi connectivity index (χ3v) is 4.27. The Bertz CT molecular complexity index is 654. The molecule has 2 N–H and O–H groups in total. The summed E-state index contributed by atoms with van der Waals surface area (Å²) in [7, 11) is 0. The van der Waals surface area contributed by atoms with E-state index >= 15 is 0 Å². The second-order valence-corrected chi connectivity index (χ2v) is 6.35. The van der Waals surface area contributed by atoms with E-state index in [1.807, 2.05) is 12.1 Å². The summed E-state index contributed by atoms with van der Waals surface area (Å²) in [5, 5.41) is 13.1. The van der Waals surface area contributed by atoms with Gasteiger partial charge in [0, 0.05) is 19.7 Å². The topological polar surface area (TPSA) is 50.7 Å². The minimum absolute atomic E-state index is 0.183. The van der Waals surface area contributed by atoms with E-state index in [9.17, 15) is 5.11 Å². The van der Waals surface area contributed by atoms with Crippen LogP contribution in [0.5, 0.6) is 11.5 Å². The lowest BCUT2D eigenvalue weighted by molar-refractivity contribution is 0.171. The highest BCUT2D eigenvalue weighted by Crippen LogP contribution is 2.30. The van der Waals surface area contributed by atoms with E-state index in [4.69, 9.17) is 9.47 Å². The van der Waals surface area contributed by atoms with Crippen LogP contribution in [0.2, 0.25) is 0 Å². The molecular formula is C20H25NO3. The van der Waals surface area contributed by atoms with Crippen molar-refractivity contribution in [1.82, 2.24) is 5.32 Å². The molecule has 0 saturated carbocycles. The first kappa shape index (κ1) is 16.8. The molecule has 4 nitrogen and oxygen atoms in total. The monoisotopic (exact) mass is 327 g/mol. The number of rotatable bonds is 7. The lowest BCUT2D eigenvalue weighted by Crippen LogP contribution is -2.26. The lowest BCUT2D eigenvalue weighted by Gasteiger charge is -2.19. The normalized spacial score (nSPS) is 14.4. The highest BCUT2D eigenvalue weighted by molar-refractivity contribution is 5.43. The van der Waals surface area contributed by atoms with Crippen LogP contribution in [0.3, 0.4) is 0 Å². The van der Waals surface area contributed by atoms with Gasteiger partial charge in [-0.1, -0.05) is 35.9 Å². The number of benzene rings is 2. The molecule has 0 aliphatic carbocycles. The molecule has 2 aromatic carbocycles. The van der Waals surface area contributed by atoms with Crippen molar-refractivity contribution in [2.24, 2.45) is 5.92 Å². The van der Waals surface area contributed by atoms with E-state index in [0.29, 0.717) is 13.2 Å². The SMILES string of the molecule is Cc1ccc(CC(CO)CNCc2ccc3c(c2)OCCO3)cc1. The van der Waals surface area contributed by atoms with Gasteiger partial charge in [0.15, 0.2) is 11.5 Å². The van der Waals surface area contributed by atoms with E-state index in [1.165, 1.54) is 11.1 Å². The summed E-state index contributed by atoms with van der Waals surface area (Å²) in [6.45, 7) is 5.01. The zero-order chi connectivity index (χ0) is 16.8. The van der Waals surface area contributed by atoms with Gasteiger partial charge in [-0.25, -0.2) is 0 Å². The van der Waals surface area contributed by atoms with Crippen molar-refractivity contribution in [2.75, 3.05) is 26.4 Å². The Kier molecular flexibility index (Phi) is 5.72. The molecule has 0 saturated heterocycles. The van der Waals surface area contributed by atoms with Gasteiger partial charge >= 0.3 is 0 Å². The molecular weight excluding hydrogens is 302 g/mol. The van der Waals surface area contributed by atoms with Crippen LogP contribution in [0.1, 0.15) is 16.7 Å². The van der Waals surface area contributed by atoms with E-state index in [0.717, 1.165) is 36.6 Å². The fourth-order valence-electron chi connectivity index (χ4n) is 2.88. The Morgan fingerprint density at radius 3 is 2.46 bits per heavy atom. The summed E-state index contributed by atoms with van der Waals surface area (Å²) in [6, 6.07) is 14.5. The van der Waals surface area contributed by atoms with Crippen LogP contribution in [-0.4, -0.2) is 31.5 Å². The summed E-state index contributed by atoms with van der Waals surface area (Å²) < 4.78 is 11.1. The number of ether oxygens (including phenoxy) is 2. The molecule has 1 unspecified atom stereocenters. The van der Waals surface area contributed by atoms with E-state index in [2.05, 4.69) is 42.6 Å². The maximum atomic E-state index is 9.62. The molecule has 1 heterocycles. The van der Waals surface area contributed by atoms with Gasteiger partial charge in [-0.2, -0.15) is 0 Å². The fraction of sp³-hybridized carbons (Fsp3) is 0.400. The second-order valence-electron chi connectivity index (χ2n) is 6.35. The van der Waals surface area contributed by atoms with Crippen LogP contribution >= 0.6 is 0 Å². The number of hydrogen-bond donors (Lipinski definition) is 2. The Morgan fingerprint density at radius 2 is 1.71 bits per heavy atom. The van der Waals surface area contributed by atoms with Gasteiger partial charge in [0.25, 0.3) is 0 Å². The van der Waals surface area contributed by atoms with E-state index in [1.54, 1.807) is 0 Å². The van der Waals surface area contributed by atoms with Crippen LogP contribution in [0.4, 0.5) is 0 Å². The predicted octanol–water partition coefficient (Wildman–Crippen LogP) is 2.71. The van der Waals surface area contributed by atoms with Crippen molar-refractivity contribution in [3.63, 3.8) is 0 Å². The molecule has 128 valence electrons. The first-order valence-corrected chi connectivity index (χ1v) is 8.50. The summed E-state index contributed by atoms with van der Waals surface area (Å²) in [5.74, 6) is 1.85. The fourth-order valence-corrected chi connectivity index (χ4v) is 2.88. The first-order chi connectivity index (χ1) is 11.7. The zero-order valence-electron chi connectivity index (χ0n) is 14.1. The number of aliphatic hydroxyl groups excluding tert-OH is 1. The van der Waals surface area contributed by atoms with Crippen molar-refractivity contribution in [2.45, 2.75) is 19.9 Å². The molecule has 0 amide bonds. The van der Waals surface area contributed by atoms with Gasteiger partial charge in [-0.3, -0.25) is 0 Å². The molecule has 1 atom stereocenters. The molecule has 0 bridgehead atoms. The molecule has 1 aliphatic heterocycles. The number of nitrogens with one attached hydrogen (secondary N) is 1. The van der Waals surface area contributed by atoms with Gasteiger partial charge < -0.3 is 19.9 Å². The van der Waals surface area contributed by atoms with Gasteiger partial charge in [-0.05, 0) is 42.5 Å². The van der Waals surface area contributed by atoms with Crippen LogP contribution in [0, 0.1) is 12.8 Å². The highest BCUT2D eigenvalue weighted by atomic mass is 16.6. The Hall–Kier alpha value is -2.04. The minimum atomic E-state index is 0.183. The van der Waals surface area contributed by atoms with Gasteiger partial charge in [0.2, 0.25) is 0 Å². The molecule has 0 aromatic heterocycles. The first-order valence-electron chi connectivity index (χ1n) is 8.50. The molecule has 24 heavy (non-hydrogen) atoms. The van der Waals surface area contributed by atoms with Crippen LogP contribution in [0.15, 0.2) is 42.5 Å². The maximum Gasteiger partial charge on any atom is 0.161 e. The summed E-state index contributed by atoms with van der Waals surface area (Å²) >= 11 is 0. The van der Waals surface area contributed by atoms with E-state index < -0.39 is 0 Å². The van der Waals surface area contributed by atoms with Crippen molar-refractivity contribution >= 4 is 0 Å². The van der Waals surface area contributed by atoms with Crippen LogP contribution < -0.4 is 14.8 Å². The van der Waals surface area contributed by atoms with Crippen LogP contribution in [0.25, 0.3) is 0 Å². The summed E-state index contributed by atoms with van der Waals surface area (Å²) in [5.41, 5.74) is 3.68. The largest absolute Gasteiger partial charge is 0.486 e. The molecule has 3 rings (SSSR count). The van der Waals surface area contributed by atoms with Crippen LogP contribution in [-0.2, 0) is 13.0 Å². The number of fused-ring (bicyclic) bond motifs is 1. The highest BCUT2D eigenvalue weighted by Gasteiger charge is 2.12. The van der Waals surface area contributed by atoms with Crippen molar-refractivity contribution in [3.8, 4) is 11.5 Å². The molecule has 0 radical (unpaired) electrons. The zero-order valence-corrected chi connectivity index (χ0v) is 14.1. The quantitative estimate of drug-likeness (QED) is 0.821.